The molecule has 0 saturated heterocycles. The summed E-state index contributed by atoms with van der Waals surface area (Å²) >= 11 is 0. The van der Waals surface area contributed by atoms with Gasteiger partial charge in [0.25, 0.3) is 0 Å². The minimum atomic E-state index is -0.931. The lowest BCUT2D eigenvalue weighted by Gasteiger charge is -2.18. The van der Waals surface area contributed by atoms with Gasteiger partial charge in [-0.15, -0.1) is 0 Å². The first-order valence-electron chi connectivity index (χ1n) is 10.8. The van der Waals surface area contributed by atoms with Crippen LogP contribution in [-0.2, 0) is 24.0 Å². The molecular weight excluding hydrogens is 412 g/mol. The third-order valence-electron chi connectivity index (χ3n) is 4.91. The minimum Gasteiger partial charge on any atom is -0.368 e. The van der Waals surface area contributed by atoms with Gasteiger partial charge >= 0.3 is 0 Å². The van der Waals surface area contributed by atoms with E-state index in [1.54, 1.807) is 42.3 Å². The molecule has 1 atom stereocenters. The first-order valence-corrected chi connectivity index (χ1v) is 10.8. The summed E-state index contributed by atoms with van der Waals surface area (Å²) in [6.07, 6.45) is 2.86. The Morgan fingerprint density at radius 2 is 1.56 bits per heavy atom. The van der Waals surface area contributed by atoms with Crippen LogP contribution in [-0.4, -0.2) is 54.4 Å². The molecule has 1 rings (SSSR count). The monoisotopic (exact) mass is 446 g/mol. The normalized spacial score (nSPS) is 11.3. The smallest absolute Gasteiger partial charge is 0.244 e. The second kappa shape index (κ2) is 14.7. The van der Waals surface area contributed by atoms with Crippen LogP contribution < -0.4 is 16.4 Å². The average Bonchev–Trinajstić information content (AvgIpc) is 2.76. The molecule has 0 heterocycles. The number of ketones is 1. The number of rotatable bonds is 15. The molecule has 9 heteroatoms. The summed E-state index contributed by atoms with van der Waals surface area (Å²) in [5, 5.41) is 5.35. The Kier molecular flexibility index (Phi) is 12.3. The van der Waals surface area contributed by atoms with Crippen molar-refractivity contribution in [3.8, 4) is 0 Å². The molecule has 0 aliphatic heterocycles. The molecule has 0 spiro atoms. The number of nitrogens with one attached hydrogen (secondary N) is 2. The van der Waals surface area contributed by atoms with Crippen molar-refractivity contribution >= 4 is 29.4 Å². The highest BCUT2D eigenvalue weighted by atomic mass is 16.2. The summed E-state index contributed by atoms with van der Waals surface area (Å²) in [4.78, 5) is 60.0. The topological polar surface area (TPSA) is 139 Å². The Morgan fingerprint density at radius 1 is 0.906 bits per heavy atom. The van der Waals surface area contributed by atoms with Crippen LogP contribution in [0, 0.1) is 0 Å². The molecular formula is C23H34N4O5. The van der Waals surface area contributed by atoms with Crippen LogP contribution in [0.2, 0.25) is 0 Å². The number of amides is 4. The number of carbonyl (C=O) groups excluding carboxylic acids is 5. The molecule has 0 saturated carbocycles. The van der Waals surface area contributed by atoms with Crippen molar-refractivity contribution in [2.75, 3.05) is 20.1 Å². The molecule has 1 unspecified atom stereocenters. The Morgan fingerprint density at radius 3 is 2.19 bits per heavy atom. The van der Waals surface area contributed by atoms with Gasteiger partial charge in [-0.3, -0.25) is 19.2 Å². The van der Waals surface area contributed by atoms with E-state index in [9.17, 15) is 24.0 Å². The number of nitrogens with two attached hydrogens (primary N) is 1. The van der Waals surface area contributed by atoms with Crippen LogP contribution >= 0.6 is 0 Å². The van der Waals surface area contributed by atoms with Gasteiger partial charge in [-0.05, 0) is 31.7 Å². The maximum absolute atomic E-state index is 12.2. The molecule has 0 aliphatic carbocycles. The van der Waals surface area contributed by atoms with Crippen LogP contribution in [0.5, 0.6) is 0 Å². The molecule has 0 bridgehead atoms. The van der Waals surface area contributed by atoms with Crippen LogP contribution in [0.1, 0.15) is 63.5 Å². The van der Waals surface area contributed by atoms with Crippen molar-refractivity contribution < 1.29 is 24.0 Å². The molecule has 9 nitrogen and oxygen atoms in total. The SMILES string of the molecule is CC(=O)CCC(=O)NCCCCCN(C)C(=O)CCC(=O)NC(C(N)=O)c1ccccc1. The first kappa shape index (κ1) is 26.8. The number of unbranched alkanes of at least 4 members (excludes halogenated alkanes) is 2. The molecule has 176 valence electrons. The number of hydrogen-bond acceptors (Lipinski definition) is 5. The molecule has 32 heavy (non-hydrogen) atoms. The van der Waals surface area contributed by atoms with Gasteiger partial charge in [-0.1, -0.05) is 30.3 Å². The summed E-state index contributed by atoms with van der Waals surface area (Å²) in [5.74, 6) is -1.37. The van der Waals surface area contributed by atoms with Crippen molar-refractivity contribution in [3.63, 3.8) is 0 Å². The number of primary amides is 1. The fourth-order valence-corrected chi connectivity index (χ4v) is 2.99. The highest BCUT2D eigenvalue weighted by molar-refractivity contribution is 5.89. The summed E-state index contributed by atoms with van der Waals surface area (Å²) in [5.41, 5.74) is 5.98. The Labute approximate surface area is 189 Å². The summed E-state index contributed by atoms with van der Waals surface area (Å²) in [6, 6.07) is 7.76. The van der Waals surface area contributed by atoms with E-state index in [1.165, 1.54) is 6.92 Å². The van der Waals surface area contributed by atoms with Crippen LogP contribution in [0.4, 0.5) is 0 Å². The van der Waals surface area contributed by atoms with E-state index in [0.29, 0.717) is 18.7 Å². The molecule has 0 radical (unpaired) electrons. The third-order valence-corrected chi connectivity index (χ3v) is 4.91. The number of nitrogens with zero attached hydrogens (tertiary/aromatic N) is 1. The second-order valence-corrected chi connectivity index (χ2v) is 7.74. The van der Waals surface area contributed by atoms with Crippen molar-refractivity contribution in [2.24, 2.45) is 5.73 Å². The third kappa shape index (κ3) is 11.2. The van der Waals surface area contributed by atoms with Crippen molar-refractivity contribution in [1.29, 1.82) is 0 Å². The van der Waals surface area contributed by atoms with Gasteiger partial charge in [0.2, 0.25) is 23.6 Å². The highest BCUT2D eigenvalue weighted by Gasteiger charge is 2.20. The fourth-order valence-electron chi connectivity index (χ4n) is 2.99. The standard InChI is InChI=1S/C23H34N4O5/c1-17(28)11-12-19(29)25-15-7-4-8-16-27(2)21(31)14-13-20(30)26-22(23(24)32)18-9-5-3-6-10-18/h3,5-6,9-10,22H,4,7-8,11-16H2,1-2H3,(H2,24,32)(H,25,29)(H,26,30). The lowest BCUT2D eigenvalue weighted by Crippen LogP contribution is -2.38. The molecule has 0 aliphatic rings. The minimum absolute atomic E-state index is 0.00536. The van der Waals surface area contributed by atoms with Gasteiger partial charge in [0.1, 0.15) is 11.8 Å². The Hall–Kier alpha value is -3.23. The Bertz CT molecular complexity index is 782. The highest BCUT2D eigenvalue weighted by Crippen LogP contribution is 2.12. The van der Waals surface area contributed by atoms with Crippen molar-refractivity contribution in [1.82, 2.24) is 15.5 Å². The summed E-state index contributed by atoms with van der Waals surface area (Å²) in [6.45, 7) is 2.55. The van der Waals surface area contributed by atoms with Gasteiger partial charge in [0, 0.05) is 45.8 Å². The van der Waals surface area contributed by atoms with Crippen LogP contribution in [0.15, 0.2) is 30.3 Å². The number of Topliss-reactive ketones (excluding diaryl/α,β-unsaturated/α-hetero) is 1. The zero-order valence-corrected chi connectivity index (χ0v) is 18.9. The van der Waals surface area contributed by atoms with Gasteiger partial charge in [-0.2, -0.15) is 0 Å². The van der Waals surface area contributed by atoms with Crippen molar-refractivity contribution in [2.45, 2.75) is 57.9 Å². The lowest BCUT2D eigenvalue weighted by molar-refractivity contribution is -0.133. The van der Waals surface area contributed by atoms with Gasteiger partial charge in [0.15, 0.2) is 0 Å². The van der Waals surface area contributed by atoms with Gasteiger partial charge < -0.3 is 26.1 Å². The predicted molar refractivity (Wildman–Crippen MR) is 120 cm³/mol. The fraction of sp³-hybridized carbons (Fsp3) is 0.522. The molecule has 4 N–H and O–H groups in total. The van der Waals surface area contributed by atoms with E-state index in [1.807, 2.05) is 0 Å². The Balaban J connectivity index is 2.22. The predicted octanol–water partition coefficient (Wildman–Crippen LogP) is 1.22. The van der Waals surface area contributed by atoms with E-state index in [2.05, 4.69) is 10.6 Å². The molecule has 0 fully saturated rings. The summed E-state index contributed by atoms with van der Waals surface area (Å²) < 4.78 is 0. The van der Waals surface area contributed by atoms with E-state index in [0.717, 1.165) is 19.3 Å². The average molecular weight is 447 g/mol. The van der Waals surface area contributed by atoms with Crippen LogP contribution in [0.3, 0.4) is 0 Å². The number of carbonyl (C=O) groups is 5. The molecule has 4 amide bonds. The van der Waals surface area contributed by atoms with Crippen LogP contribution in [0.25, 0.3) is 0 Å². The zero-order chi connectivity index (χ0) is 23.9. The number of benzene rings is 1. The lowest BCUT2D eigenvalue weighted by atomic mass is 10.1. The van der Waals surface area contributed by atoms with Gasteiger partial charge in [0.05, 0.1) is 0 Å². The zero-order valence-electron chi connectivity index (χ0n) is 18.9. The number of hydrogen-bond donors (Lipinski definition) is 3. The molecule has 1 aromatic carbocycles. The van der Waals surface area contributed by atoms with E-state index >= 15 is 0 Å². The van der Waals surface area contributed by atoms with Gasteiger partial charge in [-0.25, -0.2) is 0 Å². The largest absolute Gasteiger partial charge is 0.368 e. The quantitative estimate of drug-likeness (QED) is 0.348. The van der Waals surface area contributed by atoms with Crippen molar-refractivity contribution in [3.05, 3.63) is 35.9 Å². The first-order chi connectivity index (χ1) is 15.2. The van der Waals surface area contributed by atoms with E-state index in [-0.39, 0.29) is 43.3 Å². The summed E-state index contributed by atoms with van der Waals surface area (Å²) in [7, 11) is 1.68. The molecule has 1 aromatic rings. The van der Waals surface area contributed by atoms with E-state index in [4.69, 9.17) is 5.73 Å². The molecule has 0 aromatic heterocycles. The second-order valence-electron chi connectivity index (χ2n) is 7.74. The maximum Gasteiger partial charge on any atom is 0.244 e. The maximum atomic E-state index is 12.2. The van der Waals surface area contributed by atoms with E-state index < -0.39 is 17.9 Å².